The van der Waals surface area contributed by atoms with E-state index in [9.17, 15) is 22.8 Å². The SMILES string of the molecule is COCCCNC(=O)C(=O)c1c(C)nn(-c2cccc(C(F)(F)F)c2)c1C. The van der Waals surface area contributed by atoms with Gasteiger partial charge in [0, 0.05) is 20.3 Å². The van der Waals surface area contributed by atoms with Crippen LogP contribution in [0.2, 0.25) is 0 Å². The summed E-state index contributed by atoms with van der Waals surface area (Å²) in [6.07, 6.45) is -3.94. The van der Waals surface area contributed by atoms with Crippen molar-refractivity contribution in [3.05, 3.63) is 46.8 Å². The molecular weight excluding hydrogens is 363 g/mol. The molecule has 0 unspecified atom stereocenters. The second-order valence-electron chi connectivity index (χ2n) is 5.94. The van der Waals surface area contributed by atoms with Crippen LogP contribution in [0.1, 0.15) is 33.7 Å². The highest BCUT2D eigenvalue weighted by molar-refractivity contribution is 6.43. The van der Waals surface area contributed by atoms with E-state index in [1.165, 1.54) is 37.8 Å². The Labute approximate surface area is 154 Å². The van der Waals surface area contributed by atoms with Crippen molar-refractivity contribution >= 4 is 11.7 Å². The summed E-state index contributed by atoms with van der Waals surface area (Å²) in [5.41, 5.74) is -0.0243. The minimum absolute atomic E-state index is 0.0802. The number of halogens is 3. The van der Waals surface area contributed by atoms with Gasteiger partial charge in [-0.25, -0.2) is 4.68 Å². The van der Waals surface area contributed by atoms with Gasteiger partial charge in [0.15, 0.2) is 0 Å². The Morgan fingerprint density at radius 1 is 1.26 bits per heavy atom. The first kappa shape index (κ1) is 20.6. The van der Waals surface area contributed by atoms with Crippen LogP contribution in [-0.2, 0) is 15.7 Å². The summed E-state index contributed by atoms with van der Waals surface area (Å²) in [6.45, 7) is 3.78. The number of aromatic nitrogens is 2. The summed E-state index contributed by atoms with van der Waals surface area (Å²) < 4.78 is 44.9. The minimum atomic E-state index is -4.49. The summed E-state index contributed by atoms with van der Waals surface area (Å²) in [6, 6.07) is 4.61. The Bertz CT molecular complexity index is 844. The number of nitrogens with zero attached hydrogens (tertiary/aromatic N) is 2. The second kappa shape index (κ2) is 8.34. The highest BCUT2D eigenvalue weighted by Crippen LogP contribution is 2.30. The van der Waals surface area contributed by atoms with Gasteiger partial charge in [-0.3, -0.25) is 9.59 Å². The minimum Gasteiger partial charge on any atom is -0.385 e. The molecule has 0 fully saturated rings. The topological polar surface area (TPSA) is 73.2 Å². The van der Waals surface area contributed by atoms with Crippen LogP contribution < -0.4 is 5.32 Å². The number of amides is 1. The Balaban J connectivity index is 2.29. The van der Waals surface area contributed by atoms with E-state index in [0.29, 0.717) is 18.7 Å². The van der Waals surface area contributed by atoms with Crippen LogP contribution in [0, 0.1) is 13.8 Å². The number of rotatable bonds is 7. The molecule has 0 aliphatic rings. The van der Waals surface area contributed by atoms with Crippen molar-refractivity contribution < 1.29 is 27.5 Å². The zero-order chi connectivity index (χ0) is 20.2. The van der Waals surface area contributed by atoms with Crippen molar-refractivity contribution in [1.29, 1.82) is 0 Å². The summed E-state index contributed by atoms with van der Waals surface area (Å²) in [5.74, 6) is -1.57. The van der Waals surface area contributed by atoms with E-state index >= 15 is 0 Å². The zero-order valence-corrected chi connectivity index (χ0v) is 15.2. The molecule has 2 aromatic rings. The third kappa shape index (κ3) is 4.73. The first-order valence-electron chi connectivity index (χ1n) is 8.22. The number of ether oxygens (including phenoxy) is 1. The van der Waals surface area contributed by atoms with E-state index in [-0.39, 0.29) is 23.5 Å². The van der Waals surface area contributed by atoms with Gasteiger partial charge in [0.1, 0.15) is 0 Å². The molecule has 2 rings (SSSR count). The fourth-order valence-corrected chi connectivity index (χ4v) is 2.65. The van der Waals surface area contributed by atoms with Gasteiger partial charge in [-0.1, -0.05) is 6.07 Å². The lowest BCUT2D eigenvalue weighted by molar-refractivity contribution is -0.137. The Hall–Kier alpha value is -2.68. The average molecular weight is 383 g/mol. The predicted octanol–water partition coefficient (Wildman–Crippen LogP) is 2.84. The van der Waals surface area contributed by atoms with Gasteiger partial charge in [0.25, 0.3) is 11.7 Å². The van der Waals surface area contributed by atoms with E-state index in [1.54, 1.807) is 0 Å². The standard InChI is InChI=1S/C18H20F3N3O3/c1-11-15(16(25)17(26)22-8-5-9-27-3)12(2)24(23-11)14-7-4-6-13(10-14)18(19,20)21/h4,6-7,10H,5,8-9H2,1-3H3,(H,22,26). The molecule has 0 spiro atoms. The molecule has 27 heavy (non-hydrogen) atoms. The van der Waals surface area contributed by atoms with E-state index in [1.807, 2.05) is 0 Å². The lowest BCUT2D eigenvalue weighted by atomic mass is 10.1. The molecule has 0 bridgehead atoms. The molecule has 1 aromatic carbocycles. The molecule has 6 nitrogen and oxygen atoms in total. The lowest BCUT2D eigenvalue weighted by Gasteiger charge is -2.10. The van der Waals surface area contributed by atoms with Crippen LogP contribution in [0.15, 0.2) is 24.3 Å². The summed E-state index contributed by atoms with van der Waals surface area (Å²) in [7, 11) is 1.53. The molecule has 146 valence electrons. The molecule has 0 radical (unpaired) electrons. The number of Topliss-reactive ketones (excluding diaryl/α,β-unsaturated/α-hetero) is 1. The Morgan fingerprint density at radius 2 is 1.96 bits per heavy atom. The first-order valence-corrected chi connectivity index (χ1v) is 8.22. The molecule has 1 aromatic heterocycles. The Morgan fingerprint density at radius 3 is 2.59 bits per heavy atom. The maximum atomic E-state index is 12.9. The maximum Gasteiger partial charge on any atom is 0.416 e. The van der Waals surface area contributed by atoms with Gasteiger partial charge < -0.3 is 10.1 Å². The molecular formula is C18H20F3N3O3. The molecule has 0 saturated carbocycles. The molecule has 1 amide bonds. The molecule has 0 aliphatic heterocycles. The maximum absolute atomic E-state index is 12.9. The molecule has 0 atom stereocenters. The first-order chi connectivity index (χ1) is 12.7. The molecule has 1 heterocycles. The highest BCUT2D eigenvalue weighted by atomic mass is 19.4. The van der Waals surface area contributed by atoms with Crippen molar-refractivity contribution in [2.24, 2.45) is 0 Å². The summed E-state index contributed by atoms with van der Waals surface area (Å²) >= 11 is 0. The number of benzene rings is 1. The molecule has 0 aliphatic carbocycles. The largest absolute Gasteiger partial charge is 0.416 e. The summed E-state index contributed by atoms with van der Waals surface area (Å²) in [4.78, 5) is 24.5. The van der Waals surface area contributed by atoms with Crippen molar-refractivity contribution in [2.75, 3.05) is 20.3 Å². The van der Waals surface area contributed by atoms with Crippen LogP contribution in [0.5, 0.6) is 0 Å². The monoisotopic (exact) mass is 383 g/mol. The molecule has 0 saturated heterocycles. The van der Waals surface area contributed by atoms with E-state index in [0.717, 1.165) is 12.1 Å². The highest BCUT2D eigenvalue weighted by Gasteiger charge is 2.31. The molecule has 1 N–H and O–H groups in total. The smallest absolute Gasteiger partial charge is 0.385 e. The van der Waals surface area contributed by atoms with E-state index < -0.39 is 23.4 Å². The van der Waals surface area contributed by atoms with Gasteiger partial charge >= 0.3 is 6.18 Å². The van der Waals surface area contributed by atoms with Crippen LogP contribution >= 0.6 is 0 Å². The fraction of sp³-hybridized carbons (Fsp3) is 0.389. The van der Waals surface area contributed by atoms with Gasteiger partial charge in [-0.15, -0.1) is 0 Å². The summed E-state index contributed by atoms with van der Waals surface area (Å²) in [5, 5.41) is 6.64. The van der Waals surface area contributed by atoms with Crippen LogP contribution in [0.3, 0.4) is 0 Å². The average Bonchev–Trinajstić information content (AvgIpc) is 2.91. The van der Waals surface area contributed by atoms with Crippen LogP contribution in [-0.4, -0.2) is 41.7 Å². The van der Waals surface area contributed by atoms with Crippen molar-refractivity contribution in [3.8, 4) is 5.69 Å². The van der Waals surface area contributed by atoms with Gasteiger partial charge in [0.05, 0.1) is 28.2 Å². The number of aryl methyl sites for hydroxylation is 1. The van der Waals surface area contributed by atoms with Crippen LogP contribution in [0.4, 0.5) is 13.2 Å². The fourth-order valence-electron chi connectivity index (χ4n) is 2.65. The number of alkyl halides is 3. The van der Waals surface area contributed by atoms with Crippen molar-refractivity contribution in [1.82, 2.24) is 15.1 Å². The number of carbonyl (C=O) groups is 2. The van der Waals surface area contributed by atoms with Crippen molar-refractivity contribution in [2.45, 2.75) is 26.4 Å². The quantitative estimate of drug-likeness (QED) is 0.453. The van der Waals surface area contributed by atoms with Crippen molar-refractivity contribution in [3.63, 3.8) is 0 Å². The Kier molecular flexibility index (Phi) is 6.37. The predicted molar refractivity (Wildman–Crippen MR) is 91.9 cm³/mol. The van der Waals surface area contributed by atoms with E-state index in [4.69, 9.17) is 4.74 Å². The number of carbonyl (C=O) groups excluding carboxylic acids is 2. The lowest BCUT2D eigenvalue weighted by Crippen LogP contribution is -2.32. The number of methoxy groups -OCH3 is 1. The third-order valence-electron chi connectivity index (χ3n) is 3.95. The van der Waals surface area contributed by atoms with Gasteiger partial charge in [0.2, 0.25) is 0 Å². The molecule has 9 heteroatoms. The third-order valence-corrected chi connectivity index (χ3v) is 3.95. The number of nitrogens with one attached hydrogen (secondary N) is 1. The van der Waals surface area contributed by atoms with Gasteiger partial charge in [-0.2, -0.15) is 18.3 Å². The van der Waals surface area contributed by atoms with Crippen LogP contribution in [0.25, 0.3) is 5.69 Å². The number of hydrogen-bond donors (Lipinski definition) is 1. The van der Waals surface area contributed by atoms with E-state index in [2.05, 4.69) is 10.4 Å². The number of hydrogen-bond acceptors (Lipinski definition) is 4. The van der Waals surface area contributed by atoms with Gasteiger partial charge in [-0.05, 0) is 38.5 Å². The number of ketones is 1. The second-order valence-corrected chi connectivity index (χ2v) is 5.94. The normalized spacial score (nSPS) is 11.5. The zero-order valence-electron chi connectivity index (χ0n) is 15.2.